The Hall–Kier alpha value is -3.23. The average Bonchev–Trinajstić information content (AvgIpc) is 3.08. The molecule has 1 aliphatic rings. The molecule has 1 saturated heterocycles. The molecule has 0 radical (unpaired) electrons. The van der Waals surface area contributed by atoms with Gasteiger partial charge in [0.2, 0.25) is 5.95 Å². The molecule has 3 aromatic rings. The summed E-state index contributed by atoms with van der Waals surface area (Å²) in [6.07, 6.45) is 3.19. The lowest BCUT2D eigenvalue weighted by Crippen LogP contribution is -2.45. The van der Waals surface area contributed by atoms with Crippen molar-refractivity contribution in [3.05, 3.63) is 36.0 Å². The van der Waals surface area contributed by atoms with Crippen LogP contribution in [0.1, 0.15) is 24.6 Å². The van der Waals surface area contributed by atoms with Gasteiger partial charge in [-0.05, 0) is 41.5 Å². The van der Waals surface area contributed by atoms with Crippen LogP contribution in [-0.4, -0.2) is 55.3 Å². The molecule has 0 aliphatic carbocycles. The SMILES string of the molecule is Cn1nnnc1N1CCC(NC(=O)c2cnc3cc(O)ccc3c2)CC1.[HH]. The summed E-state index contributed by atoms with van der Waals surface area (Å²) in [4.78, 5) is 18.9. The monoisotopic (exact) mass is 355 g/mol. The second-order valence-corrected chi connectivity index (χ2v) is 6.44. The number of pyridine rings is 1. The number of fused-ring (bicyclic) bond motifs is 1. The van der Waals surface area contributed by atoms with Gasteiger partial charge in [-0.1, -0.05) is 5.10 Å². The Labute approximate surface area is 151 Å². The van der Waals surface area contributed by atoms with Gasteiger partial charge in [0.1, 0.15) is 5.75 Å². The number of aromatic nitrogens is 5. The Balaban J connectivity index is 0.00000210. The Bertz CT molecular complexity index is 953. The van der Waals surface area contributed by atoms with E-state index >= 15 is 0 Å². The van der Waals surface area contributed by atoms with Gasteiger partial charge < -0.3 is 15.3 Å². The van der Waals surface area contributed by atoms with Crippen LogP contribution in [0.5, 0.6) is 5.75 Å². The zero-order chi connectivity index (χ0) is 18.1. The highest BCUT2D eigenvalue weighted by atomic mass is 16.3. The molecule has 0 spiro atoms. The van der Waals surface area contributed by atoms with E-state index in [-0.39, 0.29) is 19.1 Å². The quantitative estimate of drug-likeness (QED) is 0.724. The normalized spacial score (nSPS) is 15.3. The summed E-state index contributed by atoms with van der Waals surface area (Å²) in [5.41, 5.74) is 1.18. The Morgan fingerprint density at radius 1 is 1.31 bits per heavy atom. The van der Waals surface area contributed by atoms with Gasteiger partial charge in [-0.15, -0.1) is 0 Å². The number of aryl methyl sites for hydroxylation is 1. The number of phenols is 1. The average molecular weight is 355 g/mol. The number of benzene rings is 1. The predicted molar refractivity (Wildman–Crippen MR) is 97.0 cm³/mol. The highest BCUT2D eigenvalue weighted by molar-refractivity contribution is 5.97. The summed E-state index contributed by atoms with van der Waals surface area (Å²) < 4.78 is 1.65. The number of piperidine rings is 1. The number of hydrogen-bond acceptors (Lipinski definition) is 7. The van der Waals surface area contributed by atoms with Gasteiger partial charge in [-0.3, -0.25) is 9.78 Å². The number of carbonyl (C=O) groups excluding carboxylic acids is 1. The molecule has 9 nitrogen and oxygen atoms in total. The van der Waals surface area contributed by atoms with Crippen LogP contribution in [-0.2, 0) is 7.05 Å². The summed E-state index contributed by atoms with van der Waals surface area (Å²) in [6.45, 7) is 1.57. The molecule has 0 atom stereocenters. The molecule has 9 heteroatoms. The van der Waals surface area contributed by atoms with E-state index in [9.17, 15) is 9.90 Å². The van der Waals surface area contributed by atoms with E-state index in [4.69, 9.17) is 0 Å². The highest BCUT2D eigenvalue weighted by Gasteiger charge is 2.24. The number of tetrazole rings is 1. The molecular weight excluding hydrogens is 334 g/mol. The highest BCUT2D eigenvalue weighted by Crippen LogP contribution is 2.20. The molecule has 2 N–H and O–H groups in total. The Morgan fingerprint density at radius 3 is 2.85 bits per heavy atom. The largest absolute Gasteiger partial charge is 0.508 e. The molecule has 1 fully saturated rings. The first-order chi connectivity index (χ1) is 12.6. The Kier molecular flexibility index (Phi) is 4.11. The molecular formula is C17H21N7O2. The fourth-order valence-corrected chi connectivity index (χ4v) is 3.22. The maximum absolute atomic E-state index is 12.5. The van der Waals surface area contributed by atoms with Crippen molar-refractivity contribution in [2.75, 3.05) is 18.0 Å². The topological polar surface area (TPSA) is 109 Å². The summed E-state index contributed by atoms with van der Waals surface area (Å²) >= 11 is 0. The lowest BCUT2D eigenvalue weighted by molar-refractivity contribution is 0.0931. The molecule has 1 amide bonds. The van der Waals surface area contributed by atoms with Crippen molar-refractivity contribution >= 4 is 22.8 Å². The smallest absolute Gasteiger partial charge is 0.253 e. The number of anilines is 1. The van der Waals surface area contributed by atoms with Crippen LogP contribution in [0.4, 0.5) is 5.95 Å². The minimum absolute atomic E-state index is 0. The molecule has 3 heterocycles. The summed E-state index contributed by atoms with van der Waals surface area (Å²) in [5, 5.41) is 24.9. The van der Waals surface area contributed by atoms with Crippen LogP contribution < -0.4 is 10.2 Å². The minimum atomic E-state index is -0.133. The Morgan fingerprint density at radius 2 is 2.12 bits per heavy atom. The molecule has 0 unspecified atom stereocenters. The summed E-state index contributed by atoms with van der Waals surface area (Å²) in [6, 6.07) is 6.81. The third kappa shape index (κ3) is 3.15. The predicted octanol–water partition coefficient (Wildman–Crippen LogP) is 1.11. The van der Waals surface area contributed by atoms with Gasteiger partial charge in [0.15, 0.2) is 0 Å². The zero-order valence-electron chi connectivity index (χ0n) is 14.3. The van der Waals surface area contributed by atoms with E-state index in [1.807, 2.05) is 7.05 Å². The molecule has 0 saturated carbocycles. The molecule has 2 aromatic heterocycles. The van der Waals surface area contributed by atoms with E-state index in [1.54, 1.807) is 28.9 Å². The number of hydrogen-bond donors (Lipinski definition) is 2. The zero-order valence-corrected chi connectivity index (χ0v) is 14.3. The maximum atomic E-state index is 12.5. The van der Waals surface area contributed by atoms with Gasteiger partial charge in [-0.2, -0.15) is 0 Å². The number of amides is 1. The first-order valence-electron chi connectivity index (χ1n) is 8.47. The summed E-state index contributed by atoms with van der Waals surface area (Å²) in [5.74, 6) is 0.773. The molecule has 4 rings (SSSR count). The van der Waals surface area contributed by atoms with Gasteiger partial charge in [0.25, 0.3) is 5.91 Å². The van der Waals surface area contributed by atoms with Crippen molar-refractivity contribution in [1.82, 2.24) is 30.5 Å². The van der Waals surface area contributed by atoms with Gasteiger partial charge in [-0.25, -0.2) is 4.68 Å². The van der Waals surface area contributed by atoms with Gasteiger partial charge in [0, 0.05) is 45.3 Å². The van der Waals surface area contributed by atoms with Crippen molar-refractivity contribution in [3.8, 4) is 5.75 Å². The number of carbonyl (C=O) groups is 1. The third-order valence-corrected chi connectivity index (χ3v) is 4.64. The van der Waals surface area contributed by atoms with Crippen molar-refractivity contribution in [2.24, 2.45) is 7.05 Å². The first kappa shape index (κ1) is 16.2. The van der Waals surface area contributed by atoms with E-state index in [0.717, 1.165) is 37.3 Å². The van der Waals surface area contributed by atoms with E-state index in [0.29, 0.717) is 11.1 Å². The van der Waals surface area contributed by atoms with Crippen LogP contribution in [0.3, 0.4) is 0 Å². The van der Waals surface area contributed by atoms with Crippen molar-refractivity contribution < 1.29 is 11.3 Å². The van der Waals surface area contributed by atoms with Crippen LogP contribution in [0.15, 0.2) is 30.5 Å². The molecule has 1 aliphatic heterocycles. The van der Waals surface area contributed by atoms with Crippen LogP contribution in [0.2, 0.25) is 0 Å². The molecule has 1 aromatic carbocycles. The lowest BCUT2D eigenvalue weighted by Gasteiger charge is -2.32. The van der Waals surface area contributed by atoms with E-state index in [2.05, 4.69) is 30.7 Å². The number of rotatable bonds is 3. The number of nitrogens with zero attached hydrogens (tertiary/aromatic N) is 6. The van der Waals surface area contributed by atoms with E-state index < -0.39 is 0 Å². The fraction of sp³-hybridized carbons (Fsp3) is 0.353. The number of phenolic OH excluding ortho intramolecular Hbond substituents is 1. The lowest BCUT2D eigenvalue weighted by atomic mass is 10.0. The first-order valence-corrected chi connectivity index (χ1v) is 8.47. The standard InChI is InChI=1S/C17H19N7O2.H2/c1-23-17(20-21-22-23)24-6-4-13(5-7-24)19-16(26)12-8-11-2-3-14(25)9-15(11)18-10-12;/h2-3,8-10,13,25H,4-7H2,1H3,(H,19,26);1H. The maximum Gasteiger partial charge on any atom is 0.253 e. The third-order valence-electron chi connectivity index (χ3n) is 4.64. The van der Waals surface area contributed by atoms with Crippen LogP contribution >= 0.6 is 0 Å². The van der Waals surface area contributed by atoms with Crippen molar-refractivity contribution in [2.45, 2.75) is 18.9 Å². The minimum Gasteiger partial charge on any atom is -0.508 e. The second-order valence-electron chi connectivity index (χ2n) is 6.44. The van der Waals surface area contributed by atoms with Crippen molar-refractivity contribution in [1.29, 1.82) is 0 Å². The van der Waals surface area contributed by atoms with Crippen LogP contribution in [0, 0.1) is 0 Å². The second kappa shape index (κ2) is 6.58. The number of aromatic hydroxyl groups is 1. The van der Waals surface area contributed by atoms with Crippen molar-refractivity contribution in [3.63, 3.8) is 0 Å². The number of nitrogens with one attached hydrogen (secondary N) is 1. The summed E-state index contributed by atoms with van der Waals surface area (Å²) in [7, 11) is 1.82. The van der Waals surface area contributed by atoms with Crippen LogP contribution in [0.25, 0.3) is 10.9 Å². The molecule has 26 heavy (non-hydrogen) atoms. The fourth-order valence-electron chi connectivity index (χ4n) is 3.22. The van der Waals surface area contributed by atoms with Gasteiger partial charge in [0.05, 0.1) is 11.1 Å². The molecule has 0 bridgehead atoms. The van der Waals surface area contributed by atoms with Gasteiger partial charge >= 0.3 is 0 Å². The van der Waals surface area contributed by atoms with E-state index in [1.165, 1.54) is 6.20 Å². The molecule has 136 valence electrons.